The summed E-state index contributed by atoms with van der Waals surface area (Å²) in [6.45, 7) is 1.35. The molecule has 0 aromatic carbocycles. The minimum Gasteiger partial charge on any atom is -0.492 e. The molecule has 0 bridgehead atoms. The Morgan fingerprint density at radius 3 is 3.08 bits per heavy atom. The van der Waals surface area contributed by atoms with Gasteiger partial charge in [-0.3, -0.25) is 0 Å². The molecule has 0 aliphatic heterocycles. The maximum Gasteiger partial charge on any atom is 0.230 e. The fourth-order valence-corrected chi connectivity index (χ4v) is 1.46. The highest BCUT2D eigenvalue weighted by Gasteiger charge is 2.04. The van der Waals surface area contributed by atoms with Gasteiger partial charge in [-0.05, 0) is 6.26 Å². The number of nitrogens with zero attached hydrogens (tertiary/aromatic N) is 2. The Labute approximate surface area is 75.6 Å². The van der Waals surface area contributed by atoms with Gasteiger partial charge in [0.25, 0.3) is 0 Å². The maximum absolute atomic E-state index is 9.08. The van der Waals surface area contributed by atoms with Crippen LogP contribution in [0.25, 0.3) is 0 Å². The minimum atomic E-state index is 0.0652. The van der Waals surface area contributed by atoms with Gasteiger partial charge in [-0.2, -0.15) is 4.98 Å². The molecule has 0 aliphatic rings. The second-order valence-corrected chi connectivity index (χ2v) is 3.05. The molecule has 68 valence electrons. The number of rotatable bonds is 4. The van der Waals surface area contributed by atoms with Crippen LogP contribution in [0, 0.1) is 0 Å². The van der Waals surface area contributed by atoms with Crippen molar-refractivity contribution >= 4 is 11.8 Å². The second-order valence-electron chi connectivity index (χ2n) is 2.27. The van der Waals surface area contributed by atoms with Crippen LogP contribution in [0.4, 0.5) is 0 Å². The quantitative estimate of drug-likeness (QED) is 0.715. The number of aromatic hydroxyl groups is 1. The fraction of sp³-hybridized carbons (Fsp3) is 0.571. The van der Waals surface area contributed by atoms with E-state index in [0.717, 1.165) is 11.7 Å². The van der Waals surface area contributed by atoms with Gasteiger partial charge in [-0.15, -0.1) is 0 Å². The van der Waals surface area contributed by atoms with Crippen molar-refractivity contribution in [3.8, 4) is 5.88 Å². The van der Waals surface area contributed by atoms with E-state index in [-0.39, 0.29) is 5.88 Å². The number of hydrogen-bond donors (Lipinski definition) is 1. The Balaban J connectivity index is 2.68. The van der Waals surface area contributed by atoms with Crippen LogP contribution in [-0.4, -0.2) is 34.6 Å². The molecule has 4 nitrogen and oxygen atoms in total. The Morgan fingerprint density at radius 1 is 1.75 bits per heavy atom. The lowest BCUT2D eigenvalue weighted by atomic mass is 10.6. The van der Waals surface area contributed by atoms with Crippen LogP contribution in [0.3, 0.4) is 0 Å². The Bertz CT molecular complexity index is 250. The van der Waals surface area contributed by atoms with Gasteiger partial charge in [-0.25, -0.2) is 0 Å². The third-order valence-electron chi connectivity index (χ3n) is 1.45. The van der Waals surface area contributed by atoms with Crippen LogP contribution in [0.2, 0.25) is 0 Å². The summed E-state index contributed by atoms with van der Waals surface area (Å²) in [4.78, 5) is 3.91. The second kappa shape index (κ2) is 4.37. The molecule has 0 atom stereocenters. The lowest BCUT2D eigenvalue weighted by Gasteiger charge is -2.02. The molecule has 0 fully saturated rings. The standard InChI is InChI=1S/C7H12N2O2S/c1-11-4-3-9-5-6(10)8-7(9)12-2/h5,10H,3-4H2,1-2H3. The van der Waals surface area contributed by atoms with E-state index < -0.39 is 0 Å². The fourth-order valence-electron chi connectivity index (χ4n) is 0.898. The predicted octanol–water partition coefficient (Wildman–Crippen LogP) is 0.957. The predicted molar refractivity (Wildman–Crippen MR) is 47.5 cm³/mol. The number of aromatic nitrogens is 2. The molecule has 0 saturated carbocycles. The minimum absolute atomic E-state index is 0.0652. The first-order valence-corrected chi connectivity index (χ1v) is 4.79. The van der Waals surface area contributed by atoms with E-state index in [2.05, 4.69) is 4.98 Å². The largest absolute Gasteiger partial charge is 0.492 e. The van der Waals surface area contributed by atoms with Crippen LogP contribution >= 0.6 is 11.8 Å². The SMILES string of the molecule is COCCn1cc(O)nc1SC. The normalized spacial score (nSPS) is 10.5. The third kappa shape index (κ3) is 2.15. The number of thioether (sulfide) groups is 1. The molecule has 0 spiro atoms. The van der Waals surface area contributed by atoms with Gasteiger partial charge in [0.2, 0.25) is 5.88 Å². The molecule has 5 heteroatoms. The van der Waals surface area contributed by atoms with Crippen LogP contribution in [-0.2, 0) is 11.3 Å². The molecular formula is C7H12N2O2S. The van der Waals surface area contributed by atoms with Gasteiger partial charge in [0, 0.05) is 13.7 Å². The van der Waals surface area contributed by atoms with Crippen molar-refractivity contribution in [1.29, 1.82) is 0 Å². The zero-order chi connectivity index (χ0) is 8.97. The van der Waals surface area contributed by atoms with Crippen molar-refractivity contribution in [3.05, 3.63) is 6.20 Å². The Hall–Kier alpha value is -0.680. The van der Waals surface area contributed by atoms with Crippen LogP contribution in [0.5, 0.6) is 5.88 Å². The van der Waals surface area contributed by atoms with Crippen molar-refractivity contribution < 1.29 is 9.84 Å². The summed E-state index contributed by atoms with van der Waals surface area (Å²) < 4.78 is 6.78. The molecule has 0 aliphatic carbocycles. The summed E-state index contributed by atoms with van der Waals surface area (Å²) in [7, 11) is 1.65. The van der Waals surface area contributed by atoms with E-state index in [1.807, 2.05) is 10.8 Å². The molecule has 1 N–H and O–H groups in total. The van der Waals surface area contributed by atoms with Gasteiger partial charge in [0.1, 0.15) is 0 Å². The number of methoxy groups -OCH3 is 1. The van der Waals surface area contributed by atoms with Crippen LogP contribution in [0.15, 0.2) is 11.4 Å². The number of imidazole rings is 1. The molecule has 1 rings (SSSR count). The van der Waals surface area contributed by atoms with Crippen molar-refractivity contribution in [2.45, 2.75) is 11.7 Å². The average Bonchev–Trinajstić information content (AvgIpc) is 2.42. The van der Waals surface area contributed by atoms with Crippen molar-refractivity contribution in [2.75, 3.05) is 20.0 Å². The molecule has 0 amide bonds. The van der Waals surface area contributed by atoms with Crippen LogP contribution in [0.1, 0.15) is 0 Å². The van der Waals surface area contributed by atoms with Crippen molar-refractivity contribution in [2.24, 2.45) is 0 Å². The highest BCUT2D eigenvalue weighted by atomic mass is 32.2. The van der Waals surface area contributed by atoms with E-state index in [4.69, 9.17) is 9.84 Å². The highest BCUT2D eigenvalue weighted by Crippen LogP contribution is 2.17. The van der Waals surface area contributed by atoms with E-state index in [9.17, 15) is 0 Å². The molecule has 0 radical (unpaired) electrons. The molecular weight excluding hydrogens is 176 g/mol. The topological polar surface area (TPSA) is 47.3 Å². The molecule has 1 aromatic heterocycles. The Morgan fingerprint density at radius 2 is 2.50 bits per heavy atom. The van der Waals surface area contributed by atoms with Crippen LogP contribution < -0.4 is 0 Å². The summed E-state index contributed by atoms with van der Waals surface area (Å²) in [5.74, 6) is 0.0652. The molecule has 1 aromatic rings. The first-order chi connectivity index (χ1) is 5.77. The summed E-state index contributed by atoms with van der Waals surface area (Å²) in [5, 5.41) is 9.89. The van der Waals surface area contributed by atoms with Gasteiger partial charge in [-0.1, -0.05) is 11.8 Å². The molecule has 12 heavy (non-hydrogen) atoms. The van der Waals surface area contributed by atoms with Crippen molar-refractivity contribution in [3.63, 3.8) is 0 Å². The summed E-state index contributed by atoms with van der Waals surface area (Å²) in [6.07, 6.45) is 3.52. The maximum atomic E-state index is 9.08. The van der Waals surface area contributed by atoms with Gasteiger partial charge in [0.15, 0.2) is 5.16 Å². The first kappa shape index (κ1) is 9.41. The summed E-state index contributed by atoms with van der Waals surface area (Å²) in [6, 6.07) is 0. The lowest BCUT2D eigenvalue weighted by Crippen LogP contribution is -2.03. The Kier molecular flexibility index (Phi) is 3.43. The number of ether oxygens (including phenoxy) is 1. The van der Waals surface area contributed by atoms with E-state index >= 15 is 0 Å². The lowest BCUT2D eigenvalue weighted by molar-refractivity contribution is 0.184. The third-order valence-corrected chi connectivity index (χ3v) is 2.14. The van der Waals surface area contributed by atoms with E-state index in [1.54, 1.807) is 13.3 Å². The molecule has 0 unspecified atom stereocenters. The molecule has 0 saturated heterocycles. The first-order valence-electron chi connectivity index (χ1n) is 3.57. The number of hydrogen-bond acceptors (Lipinski definition) is 4. The zero-order valence-electron chi connectivity index (χ0n) is 7.15. The monoisotopic (exact) mass is 188 g/mol. The molecule has 1 heterocycles. The smallest absolute Gasteiger partial charge is 0.230 e. The zero-order valence-corrected chi connectivity index (χ0v) is 7.97. The summed E-state index contributed by atoms with van der Waals surface area (Å²) in [5.41, 5.74) is 0. The highest BCUT2D eigenvalue weighted by molar-refractivity contribution is 7.98. The van der Waals surface area contributed by atoms with Crippen molar-refractivity contribution in [1.82, 2.24) is 9.55 Å². The van der Waals surface area contributed by atoms with E-state index in [1.165, 1.54) is 11.8 Å². The summed E-state index contributed by atoms with van der Waals surface area (Å²) >= 11 is 1.50. The van der Waals surface area contributed by atoms with Gasteiger partial charge < -0.3 is 14.4 Å². The average molecular weight is 188 g/mol. The van der Waals surface area contributed by atoms with Gasteiger partial charge >= 0.3 is 0 Å². The van der Waals surface area contributed by atoms with E-state index in [0.29, 0.717) is 6.61 Å². The van der Waals surface area contributed by atoms with Gasteiger partial charge in [0.05, 0.1) is 12.8 Å².